The zero-order valence-corrected chi connectivity index (χ0v) is 23.9. The van der Waals surface area contributed by atoms with Gasteiger partial charge in [0, 0.05) is 79.0 Å². The van der Waals surface area contributed by atoms with Crippen LogP contribution in [0.2, 0.25) is 0 Å². The Hall–Kier alpha value is -4.28. The molecule has 3 saturated heterocycles. The molecule has 3 fully saturated rings. The smallest absolute Gasteiger partial charge is 0.255 e. The molecular weight excluding hydrogens is 549 g/mol. The van der Waals surface area contributed by atoms with E-state index in [-0.39, 0.29) is 11.5 Å². The first-order valence-electron chi connectivity index (χ1n) is 15.0. The summed E-state index contributed by atoms with van der Waals surface area (Å²) in [6, 6.07) is 17.6. The fourth-order valence-corrected chi connectivity index (χ4v) is 6.19. The van der Waals surface area contributed by atoms with E-state index in [4.69, 9.17) is 14.2 Å². The standard InChI is InChI=1S/C33H34FN5O4/c34-24-20-23(21-25(22-24)38-14-4-1-5-15-38)31(40)36-28-8-9-29(27-7-3-2-6-26(27)28)43-30-10-13-35-32(37-30)39-16-11-33(12-17-39)41-18-19-42-33/h2-3,6-10,13,20-22H,1,4-5,11-12,14-19H2,(H,36,40). The number of aromatic nitrogens is 2. The summed E-state index contributed by atoms with van der Waals surface area (Å²) in [4.78, 5) is 26.7. The van der Waals surface area contributed by atoms with Gasteiger partial charge in [0.25, 0.3) is 5.91 Å². The minimum atomic E-state index is -0.467. The number of hydrogen-bond donors (Lipinski definition) is 1. The predicted molar refractivity (Wildman–Crippen MR) is 163 cm³/mol. The van der Waals surface area contributed by atoms with Gasteiger partial charge in [0.1, 0.15) is 11.6 Å². The van der Waals surface area contributed by atoms with Crippen LogP contribution in [0.5, 0.6) is 11.6 Å². The number of fused-ring (bicyclic) bond motifs is 1. The van der Waals surface area contributed by atoms with Gasteiger partial charge in [-0.1, -0.05) is 24.3 Å². The number of rotatable bonds is 6. The monoisotopic (exact) mass is 583 g/mol. The van der Waals surface area contributed by atoms with Gasteiger partial charge in [0.15, 0.2) is 5.79 Å². The Morgan fingerprint density at radius 2 is 1.65 bits per heavy atom. The summed E-state index contributed by atoms with van der Waals surface area (Å²) < 4.78 is 32.5. The molecular formula is C33H34FN5O4. The van der Waals surface area contributed by atoms with E-state index in [1.807, 2.05) is 30.3 Å². The van der Waals surface area contributed by atoms with Gasteiger partial charge in [-0.25, -0.2) is 9.37 Å². The molecule has 10 heteroatoms. The van der Waals surface area contributed by atoms with Gasteiger partial charge in [-0.15, -0.1) is 0 Å². The van der Waals surface area contributed by atoms with Crippen LogP contribution in [0.1, 0.15) is 42.5 Å². The van der Waals surface area contributed by atoms with E-state index < -0.39 is 11.6 Å². The lowest BCUT2D eigenvalue weighted by Crippen LogP contribution is -2.45. The molecule has 0 atom stereocenters. The van der Waals surface area contributed by atoms with Crippen molar-refractivity contribution in [2.75, 3.05) is 54.5 Å². The molecule has 1 aromatic heterocycles. The highest BCUT2D eigenvalue weighted by Gasteiger charge is 2.40. The van der Waals surface area contributed by atoms with Gasteiger partial charge < -0.3 is 29.3 Å². The van der Waals surface area contributed by atoms with Crippen molar-refractivity contribution in [2.45, 2.75) is 37.9 Å². The number of amides is 1. The molecule has 9 nitrogen and oxygen atoms in total. The van der Waals surface area contributed by atoms with Gasteiger partial charge in [-0.2, -0.15) is 4.98 Å². The van der Waals surface area contributed by atoms with Crippen molar-refractivity contribution in [3.8, 4) is 11.6 Å². The number of hydrogen-bond acceptors (Lipinski definition) is 8. The molecule has 43 heavy (non-hydrogen) atoms. The Morgan fingerprint density at radius 1 is 0.884 bits per heavy atom. The molecule has 0 aliphatic carbocycles. The lowest BCUT2D eigenvalue weighted by Gasteiger charge is -2.37. The predicted octanol–water partition coefficient (Wildman–Crippen LogP) is 6.15. The van der Waals surface area contributed by atoms with E-state index in [1.54, 1.807) is 24.4 Å². The summed E-state index contributed by atoms with van der Waals surface area (Å²) in [6.07, 6.45) is 6.52. The van der Waals surface area contributed by atoms with E-state index in [2.05, 4.69) is 25.1 Å². The van der Waals surface area contributed by atoms with Crippen molar-refractivity contribution in [1.29, 1.82) is 0 Å². The van der Waals surface area contributed by atoms with Gasteiger partial charge >= 0.3 is 0 Å². The second-order valence-electron chi connectivity index (χ2n) is 11.2. The third-order valence-electron chi connectivity index (χ3n) is 8.45. The van der Waals surface area contributed by atoms with E-state index >= 15 is 0 Å². The molecule has 1 spiro atoms. The van der Waals surface area contributed by atoms with Crippen molar-refractivity contribution in [2.24, 2.45) is 0 Å². The molecule has 0 saturated carbocycles. The summed E-state index contributed by atoms with van der Waals surface area (Å²) in [5.41, 5.74) is 1.64. The maximum Gasteiger partial charge on any atom is 0.255 e. The first-order chi connectivity index (χ1) is 21.1. The van der Waals surface area contributed by atoms with Gasteiger partial charge in [0.05, 0.1) is 13.2 Å². The zero-order chi connectivity index (χ0) is 29.2. The summed E-state index contributed by atoms with van der Waals surface area (Å²) >= 11 is 0. The van der Waals surface area contributed by atoms with Crippen molar-refractivity contribution in [1.82, 2.24) is 9.97 Å². The number of nitrogens with one attached hydrogen (secondary N) is 1. The quantitative estimate of drug-likeness (QED) is 0.289. The normalized spacial score (nSPS) is 18.3. The van der Waals surface area contributed by atoms with Crippen LogP contribution in [0.15, 0.2) is 66.9 Å². The van der Waals surface area contributed by atoms with Gasteiger partial charge in [0.2, 0.25) is 11.8 Å². The first kappa shape index (κ1) is 27.5. The number of piperidine rings is 2. The van der Waals surface area contributed by atoms with Crippen LogP contribution < -0.4 is 19.9 Å². The average molecular weight is 584 g/mol. The molecule has 1 N–H and O–H groups in total. The fraction of sp³-hybridized carbons (Fsp3) is 0.364. The lowest BCUT2D eigenvalue weighted by atomic mass is 10.0. The van der Waals surface area contributed by atoms with Crippen LogP contribution in [0, 0.1) is 5.82 Å². The Bertz CT molecular complexity index is 1630. The summed E-state index contributed by atoms with van der Waals surface area (Å²) in [6.45, 7) is 4.47. The Morgan fingerprint density at radius 3 is 2.44 bits per heavy atom. The third-order valence-corrected chi connectivity index (χ3v) is 8.45. The van der Waals surface area contributed by atoms with Crippen molar-refractivity contribution < 1.29 is 23.4 Å². The molecule has 4 heterocycles. The average Bonchev–Trinajstić information content (AvgIpc) is 3.50. The van der Waals surface area contributed by atoms with Gasteiger partial charge in [-0.3, -0.25) is 4.79 Å². The fourth-order valence-electron chi connectivity index (χ4n) is 6.19. The Kier molecular flexibility index (Phi) is 7.54. The number of nitrogens with zero attached hydrogens (tertiary/aromatic N) is 4. The first-order valence-corrected chi connectivity index (χ1v) is 15.0. The maximum absolute atomic E-state index is 14.6. The van der Waals surface area contributed by atoms with E-state index in [0.717, 1.165) is 68.3 Å². The second-order valence-corrected chi connectivity index (χ2v) is 11.2. The summed E-state index contributed by atoms with van der Waals surface area (Å²) in [7, 11) is 0. The van der Waals surface area contributed by atoms with Crippen LogP contribution in [-0.2, 0) is 9.47 Å². The number of carbonyl (C=O) groups is 1. The molecule has 3 aromatic carbocycles. The molecule has 4 aromatic rings. The number of halogens is 1. The maximum atomic E-state index is 14.6. The third kappa shape index (κ3) is 5.85. The van der Waals surface area contributed by atoms with E-state index in [1.165, 1.54) is 18.6 Å². The topological polar surface area (TPSA) is 89.0 Å². The SMILES string of the molecule is O=C(Nc1ccc(Oc2ccnc(N3CCC4(CC3)OCCO4)n2)c2ccccc12)c1cc(F)cc(N2CCCCC2)c1. The van der Waals surface area contributed by atoms with E-state index in [9.17, 15) is 9.18 Å². The zero-order valence-electron chi connectivity index (χ0n) is 23.9. The highest BCUT2D eigenvalue weighted by Crippen LogP contribution is 2.36. The Balaban J connectivity index is 1.09. The second kappa shape index (κ2) is 11.8. The molecule has 222 valence electrons. The molecule has 1 amide bonds. The van der Waals surface area contributed by atoms with Crippen LogP contribution in [0.4, 0.5) is 21.7 Å². The van der Waals surface area contributed by atoms with Crippen LogP contribution in [0.25, 0.3) is 10.8 Å². The molecule has 0 bridgehead atoms. The number of carbonyl (C=O) groups excluding carboxylic acids is 1. The lowest BCUT2D eigenvalue weighted by molar-refractivity contribution is -0.169. The van der Waals surface area contributed by atoms with Crippen molar-refractivity contribution in [3.05, 3.63) is 78.2 Å². The summed E-state index contributed by atoms with van der Waals surface area (Å²) in [5, 5.41) is 4.60. The minimum absolute atomic E-state index is 0.285. The van der Waals surface area contributed by atoms with Gasteiger partial charge in [-0.05, 0) is 49.6 Å². The number of benzene rings is 3. The molecule has 0 unspecified atom stereocenters. The molecule has 3 aliphatic heterocycles. The molecule has 7 rings (SSSR count). The Labute approximate surface area is 249 Å². The molecule has 0 radical (unpaired) electrons. The van der Waals surface area contributed by atoms with Crippen LogP contribution >= 0.6 is 0 Å². The van der Waals surface area contributed by atoms with Crippen LogP contribution in [-0.4, -0.2) is 61.1 Å². The van der Waals surface area contributed by atoms with Crippen molar-refractivity contribution in [3.63, 3.8) is 0 Å². The number of anilines is 3. The highest BCUT2D eigenvalue weighted by atomic mass is 19.1. The minimum Gasteiger partial charge on any atom is -0.438 e. The largest absolute Gasteiger partial charge is 0.438 e. The number of ether oxygens (including phenoxy) is 3. The van der Waals surface area contributed by atoms with Crippen molar-refractivity contribution >= 4 is 34.0 Å². The highest BCUT2D eigenvalue weighted by molar-refractivity contribution is 6.10. The molecule has 3 aliphatic rings. The van der Waals surface area contributed by atoms with Crippen LogP contribution in [0.3, 0.4) is 0 Å². The van der Waals surface area contributed by atoms with E-state index in [0.29, 0.717) is 36.5 Å². The summed E-state index contributed by atoms with van der Waals surface area (Å²) in [5.74, 6) is 0.360.